The fourth-order valence-electron chi connectivity index (χ4n) is 2.73. The summed E-state index contributed by atoms with van der Waals surface area (Å²) in [7, 11) is 2.09. The van der Waals surface area contributed by atoms with Crippen LogP contribution in [0, 0.1) is 0 Å². The monoisotopic (exact) mass is 231 g/mol. The van der Waals surface area contributed by atoms with E-state index in [-0.39, 0.29) is 5.41 Å². The molecular formula is C16H25N. The molecule has 0 heterocycles. The Morgan fingerprint density at radius 2 is 1.94 bits per heavy atom. The van der Waals surface area contributed by atoms with Gasteiger partial charge in [-0.1, -0.05) is 45.4 Å². The van der Waals surface area contributed by atoms with Gasteiger partial charge in [0, 0.05) is 6.04 Å². The normalized spacial score (nSPS) is 20.8. The Kier molecular flexibility index (Phi) is 3.58. The molecule has 1 aromatic carbocycles. The van der Waals surface area contributed by atoms with Crippen molar-refractivity contribution in [2.45, 2.75) is 57.9 Å². The molecule has 0 aliphatic heterocycles. The molecule has 0 spiro atoms. The minimum absolute atomic E-state index is 0.250. The van der Waals surface area contributed by atoms with Crippen LogP contribution in [0.2, 0.25) is 0 Å². The second-order valence-electron chi connectivity index (χ2n) is 6.25. The first-order chi connectivity index (χ1) is 8.02. The van der Waals surface area contributed by atoms with Crippen molar-refractivity contribution in [3.63, 3.8) is 0 Å². The minimum atomic E-state index is 0.250. The van der Waals surface area contributed by atoms with Crippen LogP contribution in [-0.4, -0.2) is 7.05 Å². The Balaban J connectivity index is 2.43. The van der Waals surface area contributed by atoms with E-state index >= 15 is 0 Å². The molecule has 0 radical (unpaired) electrons. The van der Waals surface area contributed by atoms with Crippen LogP contribution in [0.1, 0.15) is 62.8 Å². The fraction of sp³-hybridized carbons (Fsp3) is 0.625. The van der Waals surface area contributed by atoms with Crippen LogP contribution in [-0.2, 0) is 11.8 Å². The number of hydrogen-bond donors (Lipinski definition) is 1. The van der Waals surface area contributed by atoms with Crippen molar-refractivity contribution in [2.75, 3.05) is 7.05 Å². The fourth-order valence-corrected chi connectivity index (χ4v) is 2.73. The van der Waals surface area contributed by atoms with Crippen molar-refractivity contribution in [1.29, 1.82) is 0 Å². The summed E-state index contributed by atoms with van der Waals surface area (Å²) in [5.41, 5.74) is 4.80. The molecule has 17 heavy (non-hydrogen) atoms. The highest BCUT2D eigenvalue weighted by Gasteiger charge is 2.20. The lowest BCUT2D eigenvalue weighted by atomic mass is 9.84. The van der Waals surface area contributed by atoms with Gasteiger partial charge in [-0.25, -0.2) is 0 Å². The average Bonchev–Trinajstić information content (AvgIpc) is 2.48. The van der Waals surface area contributed by atoms with Crippen LogP contribution >= 0.6 is 0 Å². The van der Waals surface area contributed by atoms with Crippen LogP contribution in [0.5, 0.6) is 0 Å². The molecule has 1 aromatic rings. The zero-order chi connectivity index (χ0) is 12.5. The van der Waals surface area contributed by atoms with Gasteiger partial charge in [-0.2, -0.15) is 0 Å². The molecule has 0 aromatic heterocycles. The molecule has 1 aliphatic carbocycles. The Hall–Kier alpha value is -0.820. The molecule has 1 atom stereocenters. The van der Waals surface area contributed by atoms with E-state index in [4.69, 9.17) is 0 Å². The summed E-state index contributed by atoms with van der Waals surface area (Å²) >= 11 is 0. The number of hydrogen-bond acceptors (Lipinski definition) is 1. The van der Waals surface area contributed by atoms with Gasteiger partial charge < -0.3 is 5.32 Å². The number of nitrogens with one attached hydrogen (secondary N) is 1. The smallest absolute Gasteiger partial charge is 0.0320 e. The molecule has 2 rings (SSSR count). The SMILES string of the molecule is CNC1CCCCc2ccc(C(C)(C)C)cc21. The van der Waals surface area contributed by atoms with Crippen LogP contribution in [0.4, 0.5) is 0 Å². The maximum Gasteiger partial charge on any atom is 0.0320 e. The van der Waals surface area contributed by atoms with Gasteiger partial charge in [0.15, 0.2) is 0 Å². The van der Waals surface area contributed by atoms with E-state index in [2.05, 4.69) is 51.3 Å². The Morgan fingerprint density at radius 1 is 1.18 bits per heavy atom. The van der Waals surface area contributed by atoms with E-state index in [1.165, 1.54) is 36.8 Å². The molecule has 0 amide bonds. The summed E-state index contributed by atoms with van der Waals surface area (Å²) in [4.78, 5) is 0. The summed E-state index contributed by atoms with van der Waals surface area (Å²) in [5.74, 6) is 0. The van der Waals surface area contributed by atoms with E-state index in [0.717, 1.165) is 0 Å². The Morgan fingerprint density at radius 3 is 2.59 bits per heavy atom. The predicted molar refractivity (Wildman–Crippen MR) is 74.5 cm³/mol. The first-order valence-electron chi connectivity index (χ1n) is 6.83. The second-order valence-corrected chi connectivity index (χ2v) is 6.25. The summed E-state index contributed by atoms with van der Waals surface area (Å²) in [6, 6.07) is 7.65. The topological polar surface area (TPSA) is 12.0 Å². The van der Waals surface area contributed by atoms with Gasteiger partial charge >= 0.3 is 0 Å². The van der Waals surface area contributed by atoms with E-state index < -0.39 is 0 Å². The predicted octanol–water partition coefficient (Wildman–Crippen LogP) is 3.97. The van der Waals surface area contributed by atoms with Gasteiger partial charge in [-0.05, 0) is 48.4 Å². The first kappa shape index (κ1) is 12.6. The molecule has 1 heteroatoms. The molecule has 1 aliphatic rings. The largest absolute Gasteiger partial charge is 0.313 e. The van der Waals surface area contributed by atoms with Gasteiger partial charge in [-0.15, -0.1) is 0 Å². The second kappa shape index (κ2) is 4.81. The highest BCUT2D eigenvalue weighted by Crippen LogP contribution is 2.32. The van der Waals surface area contributed by atoms with E-state index in [1.807, 2.05) is 0 Å². The molecule has 0 bridgehead atoms. The lowest BCUT2D eigenvalue weighted by Crippen LogP contribution is -2.18. The highest BCUT2D eigenvalue weighted by molar-refractivity contribution is 5.38. The van der Waals surface area contributed by atoms with E-state index in [9.17, 15) is 0 Å². The van der Waals surface area contributed by atoms with Gasteiger partial charge in [0.05, 0.1) is 0 Å². The van der Waals surface area contributed by atoms with Crippen LogP contribution in [0.3, 0.4) is 0 Å². The maximum absolute atomic E-state index is 3.48. The van der Waals surface area contributed by atoms with Crippen LogP contribution in [0.25, 0.3) is 0 Å². The lowest BCUT2D eigenvalue weighted by Gasteiger charge is -2.23. The number of benzene rings is 1. The summed E-state index contributed by atoms with van der Waals surface area (Å²) < 4.78 is 0. The zero-order valence-electron chi connectivity index (χ0n) is 11.6. The van der Waals surface area contributed by atoms with Crippen molar-refractivity contribution in [2.24, 2.45) is 0 Å². The molecule has 0 fully saturated rings. The molecule has 94 valence electrons. The Labute approximate surface area is 106 Å². The van der Waals surface area contributed by atoms with Gasteiger partial charge in [0.2, 0.25) is 0 Å². The van der Waals surface area contributed by atoms with Crippen molar-refractivity contribution in [3.05, 3.63) is 34.9 Å². The number of fused-ring (bicyclic) bond motifs is 1. The summed E-state index contributed by atoms with van der Waals surface area (Å²) in [6.07, 6.45) is 5.19. The molecule has 1 nitrogen and oxygen atoms in total. The maximum atomic E-state index is 3.48. The average molecular weight is 231 g/mol. The minimum Gasteiger partial charge on any atom is -0.313 e. The van der Waals surface area contributed by atoms with Crippen LogP contribution < -0.4 is 5.32 Å². The van der Waals surface area contributed by atoms with E-state index in [0.29, 0.717) is 6.04 Å². The summed E-state index contributed by atoms with van der Waals surface area (Å²) in [5, 5.41) is 3.48. The highest BCUT2D eigenvalue weighted by atomic mass is 14.9. The molecule has 0 saturated carbocycles. The third kappa shape index (κ3) is 2.71. The molecule has 1 unspecified atom stereocenters. The van der Waals surface area contributed by atoms with Gasteiger partial charge in [0.1, 0.15) is 0 Å². The molecule has 0 saturated heterocycles. The van der Waals surface area contributed by atoms with Crippen molar-refractivity contribution < 1.29 is 0 Å². The summed E-state index contributed by atoms with van der Waals surface area (Å²) in [6.45, 7) is 6.87. The Bertz CT molecular complexity index is 387. The van der Waals surface area contributed by atoms with Gasteiger partial charge in [0.25, 0.3) is 0 Å². The molecule has 1 N–H and O–H groups in total. The van der Waals surface area contributed by atoms with E-state index in [1.54, 1.807) is 5.56 Å². The molecular weight excluding hydrogens is 206 g/mol. The number of aryl methyl sites for hydroxylation is 1. The van der Waals surface area contributed by atoms with Gasteiger partial charge in [-0.3, -0.25) is 0 Å². The number of rotatable bonds is 1. The van der Waals surface area contributed by atoms with Crippen molar-refractivity contribution in [3.8, 4) is 0 Å². The lowest BCUT2D eigenvalue weighted by molar-refractivity contribution is 0.530. The first-order valence-corrected chi connectivity index (χ1v) is 6.83. The van der Waals surface area contributed by atoms with Crippen LogP contribution in [0.15, 0.2) is 18.2 Å². The quantitative estimate of drug-likeness (QED) is 0.721. The third-order valence-electron chi connectivity index (χ3n) is 3.92. The van der Waals surface area contributed by atoms with Crippen molar-refractivity contribution in [1.82, 2.24) is 5.32 Å². The third-order valence-corrected chi connectivity index (χ3v) is 3.92. The van der Waals surface area contributed by atoms with Crippen molar-refractivity contribution >= 4 is 0 Å². The zero-order valence-corrected chi connectivity index (χ0v) is 11.6. The standard InChI is InChI=1S/C16H25N/c1-16(2,3)13-10-9-12-7-5-6-8-15(17-4)14(12)11-13/h9-11,15,17H,5-8H2,1-4H3.